The van der Waals surface area contributed by atoms with Gasteiger partial charge in [-0.3, -0.25) is 0 Å². The fraction of sp³-hybridized carbons (Fsp3) is 0.143. The van der Waals surface area contributed by atoms with Crippen molar-refractivity contribution >= 4 is 17.3 Å². The number of rotatable bonds is 7. The van der Waals surface area contributed by atoms with Crippen molar-refractivity contribution in [2.24, 2.45) is 0 Å². The number of anilines is 1. The molecule has 3 aromatic carbocycles. The van der Waals surface area contributed by atoms with E-state index in [0.29, 0.717) is 29.7 Å². The minimum absolute atomic E-state index is 0.271. The van der Waals surface area contributed by atoms with Gasteiger partial charge in [0.05, 0.1) is 7.11 Å². The van der Waals surface area contributed by atoms with Crippen molar-refractivity contribution in [1.82, 2.24) is 0 Å². The minimum atomic E-state index is -0.271. The molecule has 0 unspecified atom stereocenters. The highest BCUT2D eigenvalue weighted by Gasteiger charge is 2.13. The fourth-order valence-electron chi connectivity index (χ4n) is 2.56. The highest BCUT2D eigenvalue weighted by molar-refractivity contribution is 6.30. The van der Waals surface area contributed by atoms with Gasteiger partial charge in [-0.15, -0.1) is 0 Å². The first kappa shape index (κ1) is 18.1. The van der Waals surface area contributed by atoms with Crippen molar-refractivity contribution in [3.8, 4) is 11.5 Å². The van der Waals surface area contributed by atoms with Gasteiger partial charge in [0.25, 0.3) is 0 Å². The summed E-state index contributed by atoms with van der Waals surface area (Å²) in [5, 5.41) is 3.80. The van der Waals surface area contributed by atoms with Crippen LogP contribution in [0.25, 0.3) is 0 Å². The topological polar surface area (TPSA) is 30.5 Å². The SMILES string of the molecule is COc1cc(Cl)cc(CNc2ccc(F)cc2)c1OCc1ccccc1. The van der Waals surface area contributed by atoms with Crippen LogP contribution in [0.15, 0.2) is 66.7 Å². The zero-order chi connectivity index (χ0) is 18.4. The monoisotopic (exact) mass is 371 g/mol. The molecule has 5 heteroatoms. The van der Waals surface area contributed by atoms with E-state index in [1.54, 1.807) is 25.3 Å². The molecule has 0 saturated carbocycles. The van der Waals surface area contributed by atoms with Crippen LogP contribution in [-0.2, 0) is 13.2 Å². The van der Waals surface area contributed by atoms with Gasteiger partial charge in [0.15, 0.2) is 11.5 Å². The number of halogens is 2. The molecule has 0 spiro atoms. The largest absolute Gasteiger partial charge is 0.493 e. The van der Waals surface area contributed by atoms with Gasteiger partial charge in [-0.1, -0.05) is 41.9 Å². The Bertz CT molecular complexity index is 854. The van der Waals surface area contributed by atoms with Crippen LogP contribution < -0.4 is 14.8 Å². The first-order valence-corrected chi connectivity index (χ1v) is 8.56. The van der Waals surface area contributed by atoms with Gasteiger partial charge in [-0.05, 0) is 35.9 Å². The maximum absolute atomic E-state index is 13.0. The summed E-state index contributed by atoms with van der Waals surface area (Å²) in [5.74, 6) is 0.937. The number of methoxy groups -OCH3 is 1. The lowest BCUT2D eigenvalue weighted by Gasteiger charge is -2.17. The summed E-state index contributed by atoms with van der Waals surface area (Å²) in [5.41, 5.74) is 2.72. The molecule has 0 bridgehead atoms. The van der Waals surface area contributed by atoms with Crippen LogP contribution in [0.3, 0.4) is 0 Å². The van der Waals surface area contributed by atoms with Crippen LogP contribution in [0.2, 0.25) is 5.02 Å². The predicted octanol–water partition coefficient (Wildman–Crippen LogP) is 5.68. The van der Waals surface area contributed by atoms with Gasteiger partial charge in [0.1, 0.15) is 12.4 Å². The highest BCUT2D eigenvalue weighted by atomic mass is 35.5. The lowest BCUT2D eigenvalue weighted by molar-refractivity contribution is 0.281. The Balaban J connectivity index is 1.80. The van der Waals surface area contributed by atoms with Crippen LogP contribution in [-0.4, -0.2) is 7.11 Å². The molecule has 3 aromatic rings. The van der Waals surface area contributed by atoms with Crippen LogP contribution in [0.5, 0.6) is 11.5 Å². The Morgan fingerprint density at radius 1 is 1.00 bits per heavy atom. The molecule has 0 aromatic heterocycles. The lowest BCUT2D eigenvalue weighted by atomic mass is 10.1. The fourth-order valence-corrected chi connectivity index (χ4v) is 2.80. The Morgan fingerprint density at radius 2 is 1.73 bits per heavy atom. The molecule has 0 atom stereocenters. The quantitative estimate of drug-likeness (QED) is 0.579. The summed E-state index contributed by atoms with van der Waals surface area (Å²) in [7, 11) is 1.58. The Kier molecular flexibility index (Phi) is 5.97. The third-order valence-corrected chi connectivity index (χ3v) is 4.09. The summed E-state index contributed by atoms with van der Waals surface area (Å²) in [6.45, 7) is 0.884. The third kappa shape index (κ3) is 4.67. The van der Waals surface area contributed by atoms with E-state index in [0.717, 1.165) is 16.8 Å². The van der Waals surface area contributed by atoms with E-state index in [1.807, 2.05) is 36.4 Å². The maximum atomic E-state index is 13.0. The Hall–Kier alpha value is -2.72. The molecule has 3 rings (SSSR count). The maximum Gasteiger partial charge on any atom is 0.166 e. The van der Waals surface area contributed by atoms with Gasteiger partial charge in [0, 0.05) is 28.9 Å². The minimum Gasteiger partial charge on any atom is -0.493 e. The van der Waals surface area contributed by atoms with Crippen LogP contribution in [0.1, 0.15) is 11.1 Å². The molecule has 0 amide bonds. The summed E-state index contributed by atoms with van der Waals surface area (Å²) >= 11 is 6.21. The molecule has 0 aliphatic rings. The normalized spacial score (nSPS) is 10.4. The first-order chi connectivity index (χ1) is 12.7. The van der Waals surface area contributed by atoms with E-state index >= 15 is 0 Å². The zero-order valence-corrected chi connectivity index (χ0v) is 15.1. The van der Waals surface area contributed by atoms with Crippen molar-refractivity contribution in [2.75, 3.05) is 12.4 Å². The summed E-state index contributed by atoms with van der Waals surface area (Å²) in [6, 6.07) is 19.6. The number of benzene rings is 3. The third-order valence-electron chi connectivity index (χ3n) is 3.87. The Morgan fingerprint density at radius 3 is 2.42 bits per heavy atom. The molecular weight excluding hydrogens is 353 g/mol. The van der Waals surface area contributed by atoms with E-state index in [4.69, 9.17) is 21.1 Å². The molecule has 0 fully saturated rings. The second kappa shape index (κ2) is 8.59. The van der Waals surface area contributed by atoms with Crippen molar-refractivity contribution in [1.29, 1.82) is 0 Å². The number of hydrogen-bond donors (Lipinski definition) is 1. The summed E-state index contributed by atoms with van der Waals surface area (Å²) < 4.78 is 24.5. The standard InChI is InChI=1S/C21H19ClFNO2/c1-25-20-12-17(22)11-16(13-24-19-9-7-18(23)8-10-19)21(20)26-14-15-5-3-2-4-6-15/h2-12,24H,13-14H2,1H3. The zero-order valence-electron chi connectivity index (χ0n) is 14.3. The smallest absolute Gasteiger partial charge is 0.166 e. The van der Waals surface area contributed by atoms with Gasteiger partial charge in [-0.25, -0.2) is 4.39 Å². The first-order valence-electron chi connectivity index (χ1n) is 8.18. The number of hydrogen-bond acceptors (Lipinski definition) is 3. The van der Waals surface area contributed by atoms with E-state index in [1.165, 1.54) is 12.1 Å². The van der Waals surface area contributed by atoms with Crippen molar-refractivity contribution in [3.63, 3.8) is 0 Å². The van der Waals surface area contributed by atoms with Crippen molar-refractivity contribution in [2.45, 2.75) is 13.2 Å². The Labute approximate surface area is 157 Å². The van der Waals surface area contributed by atoms with Gasteiger partial charge < -0.3 is 14.8 Å². The number of ether oxygens (including phenoxy) is 2. The van der Waals surface area contributed by atoms with Crippen LogP contribution in [0.4, 0.5) is 10.1 Å². The molecule has 3 nitrogen and oxygen atoms in total. The highest BCUT2D eigenvalue weighted by Crippen LogP contribution is 2.35. The number of nitrogens with one attached hydrogen (secondary N) is 1. The molecule has 0 aliphatic carbocycles. The van der Waals surface area contributed by atoms with Crippen molar-refractivity contribution < 1.29 is 13.9 Å². The average Bonchev–Trinajstić information content (AvgIpc) is 2.67. The van der Waals surface area contributed by atoms with Crippen LogP contribution in [0, 0.1) is 5.82 Å². The van der Waals surface area contributed by atoms with Gasteiger partial charge in [-0.2, -0.15) is 0 Å². The van der Waals surface area contributed by atoms with Crippen molar-refractivity contribution in [3.05, 3.63) is 88.7 Å². The summed E-state index contributed by atoms with van der Waals surface area (Å²) in [4.78, 5) is 0. The van der Waals surface area contributed by atoms with E-state index < -0.39 is 0 Å². The van der Waals surface area contributed by atoms with Crippen LogP contribution >= 0.6 is 11.6 Å². The molecule has 134 valence electrons. The average molecular weight is 372 g/mol. The second-order valence-electron chi connectivity index (χ2n) is 5.73. The molecular formula is C21H19ClFNO2. The molecule has 1 N–H and O–H groups in total. The second-order valence-corrected chi connectivity index (χ2v) is 6.17. The predicted molar refractivity (Wildman–Crippen MR) is 103 cm³/mol. The van der Waals surface area contributed by atoms with E-state index in [2.05, 4.69) is 5.32 Å². The van der Waals surface area contributed by atoms with Gasteiger partial charge >= 0.3 is 0 Å². The van der Waals surface area contributed by atoms with Gasteiger partial charge in [0.2, 0.25) is 0 Å². The lowest BCUT2D eigenvalue weighted by Crippen LogP contribution is -2.05. The molecule has 0 heterocycles. The van der Waals surface area contributed by atoms with E-state index in [-0.39, 0.29) is 5.82 Å². The van der Waals surface area contributed by atoms with E-state index in [9.17, 15) is 4.39 Å². The molecule has 0 aliphatic heterocycles. The molecule has 0 saturated heterocycles. The molecule has 0 radical (unpaired) electrons. The summed E-state index contributed by atoms with van der Waals surface area (Å²) in [6.07, 6.45) is 0. The molecule has 26 heavy (non-hydrogen) atoms.